The first-order valence-electron chi connectivity index (χ1n) is 7.23. The Bertz CT molecular complexity index is 186. The van der Waals surface area contributed by atoms with Crippen LogP contribution in [0, 0.1) is 5.92 Å². The van der Waals surface area contributed by atoms with Crippen LogP contribution < -0.4 is 5.32 Å². The maximum atomic E-state index is 3.42. The molecule has 1 heterocycles. The van der Waals surface area contributed by atoms with E-state index in [1.807, 2.05) is 0 Å². The smallest absolute Gasteiger partial charge is 0.00790 e. The summed E-state index contributed by atoms with van der Waals surface area (Å²) in [6, 6.07) is 0.745. The van der Waals surface area contributed by atoms with E-state index >= 15 is 0 Å². The molecule has 0 aromatic rings. The van der Waals surface area contributed by atoms with Crippen LogP contribution in [-0.2, 0) is 0 Å². The monoisotopic (exact) mass is 241 g/mol. The normalized spacial score (nSPS) is 21.0. The standard InChI is InChI=1S/C14H31N3/c1-5-15-9-6-13(2)17-10-7-14(8-11-17)12-16(3)4/h13-15H,5-12H2,1-4H3. The molecule has 0 aromatic carbocycles. The van der Waals surface area contributed by atoms with E-state index < -0.39 is 0 Å². The molecule has 0 aliphatic carbocycles. The number of nitrogens with zero attached hydrogens (tertiary/aromatic N) is 2. The van der Waals surface area contributed by atoms with Crippen LogP contribution in [0.15, 0.2) is 0 Å². The maximum Gasteiger partial charge on any atom is 0.00790 e. The molecule has 1 atom stereocenters. The first kappa shape index (κ1) is 14.9. The fraction of sp³-hybridized carbons (Fsp3) is 1.00. The van der Waals surface area contributed by atoms with Crippen LogP contribution in [0.5, 0.6) is 0 Å². The van der Waals surface area contributed by atoms with Crippen molar-refractivity contribution in [2.24, 2.45) is 5.92 Å². The molecule has 3 heteroatoms. The molecule has 0 aromatic heterocycles. The average molecular weight is 241 g/mol. The van der Waals surface area contributed by atoms with Crippen LogP contribution in [0.3, 0.4) is 0 Å². The highest BCUT2D eigenvalue weighted by atomic mass is 15.2. The van der Waals surface area contributed by atoms with Crippen LogP contribution >= 0.6 is 0 Å². The Morgan fingerprint density at radius 3 is 2.47 bits per heavy atom. The van der Waals surface area contributed by atoms with Crippen molar-refractivity contribution in [3.63, 3.8) is 0 Å². The molecule has 1 aliphatic heterocycles. The van der Waals surface area contributed by atoms with Gasteiger partial charge in [0, 0.05) is 12.6 Å². The van der Waals surface area contributed by atoms with Gasteiger partial charge in [-0.15, -0.1) is 0 Å². The van der Waals surface area contributed by atoms with Crippen LogP contribution in [0.1, 0.15) is 33.1 Å². The Balaban J connectivity index is 2.17. The minimum Gasteiger partial charge on any atom is -0.317 e. The van der Waals surface area contributed by atoms with Crippen molar-refractivity contribution in [2.75, 3.05) is 46.8 Å². The highest BCUT2D eigenvalue weighted by molar-refractivity contribution is 4.77. The van der Waals surface area contributed by atoms with Gasteiger partial charge in [0.25, 0.3) is 0 Å². The minimum atomic E-state index is 0.745. The fourth-order valence-corrected chi connectivity index (χ4v) is 2.76. The van der Waals surface area contributed by atoms with E-state index in [2.05, 4.69) is 43.1 Å². The number of hydrogen-bond acceptors (Lipinski definition) is 3. The molecule has 0 spiro atoms. The number of hydrogen-bond donors (Lipinski definition) is 1. The van der Waals surface area contributed by atoms with Crippen molar-refractivity contribution in [1.29, 1.82) is 0 Å². The van der Waals surface area contributed by atoms with E-state index in [0.717, 1.165) is 25.0 Å². The second kappa shape index (κ2) is 8.06. The third kappa shape index (κ3) is 5.84. The molecule has 17 heavy (non-hydrogen) atoms. The number of rotatable bonds is 7. The molecule has 0 radical (unpaired) electrons. The summed E-state index contributed by atoms with van der Waals surface area (Å²) < 4.78 is 0. The van der Waals surface area contributed by atoms with Gasteiger partial charge in [-0.2, -0.15) is 0 Å². The van der Waals surface area contributed by atoms with Gasteiger partial charge in [0.1, 0.15) is 0 Å². The third-order valence-corrected chi connectivity index (χ3v) is 3.88. The molecule has 1 aliphatic rings. The summed E-state index contributed by atoms with van der Waals surface area (Å²) in [5, 5.41) is 3.42. The van der Waals surface area contributed by atoms with Gasteiger partial charge in [0.2, 0.25) is 0 Å². The number of piperidine rings is 1. The van der Waals surface area contributed by atoms with Gasteiger partial charge in [0.05, 0.1) is 0 Å². The molecule has 1 rings (SSSR count). The molecule has 0 saturated carbocycles. The Labute approximate surface area is 108 Å². The molecule has 102 valence electrons. The Hall–Kier alpha value is -0.120. The van der Waals surface area contributed by atoms with E-state index in [-0.39, 0.29) is 0 Å². The van der Waals surface area contributed by atoms with Crippen molar-refractivity contribution >= 4 is 0 Å². The predicted molar refractivity (Wildman–Crippen MR) is 75.5 cm³/mol. The van der Waals surface area contributed by atoms with Crippen LogP contribution in [0.2, 0.25) is 0 Å². The summed E-state index contributed by atoms with van der Waals surface area (Å²) in [5.41, 5.74) is 0. The minimum absolute atomic E-state index is 0.745. The molecule has 1 N–H and O–H groups in total. The second-order valence-electron chi connectivity index (χ2n) is 5.73. The molecule has 1 unspecified atom stereocenters. The van der Waals surface area contributed by atoms with Gasteiger partial charge in [0.15, 0.2) is 0 Å². The van der Waals surface area contributed by atoms with E-state index in [4.69, 9.17) is 0 Å². The summed E-state index contributed by atoms with van der Waals surface area (Å²) in [7, 11) is 4.37. The zero-order valence-corrected chi connectivity index (χ0v) is 12.2. The van der Waals surface area contributed by atoms with Crippen molar-refractivity contribution in [1.82, 2.24) is 15.1 Å². The van der Waals surface area contributed by atoms with Gasteiger partial charge < -0.3 is 15.1 Å². The van der Waals surface area contributed by atoms with Crippen molar-refractivity contribution in [2.45, 2.75) is 39.2 Å². The van der Waals surface area contributed by atoms with Crippen LogP contribution in [0.4, 0.5) is 0 Å². The lowest BCUT2D eigenvalue weighted by molar-refractivity contribution is 0.122. The Morgan fingerprint density at radius 2 is 1.94 bits per heavy atom. The Kier molecular flexibility index (Phi) is 7.09. The highest BCUT2D eigenvalue weighted by Gasteiger charge is 2.22. The van der Waals surface area contributed by atoms with Gasteiger partial charge in [-0.3, -0.25) is 0 Å². The predicted octanol–water partition coefficient (Wildman–Crippen LogP) is 1.65. The highest BCUT2D eigenvalue weighted by Crippen LogP contribution is 2.20. The third-order valence-electron chi connectivity index (χ3n) is 3.88. The second-order valence-corrected chi connectivity index (χ2v) is 5.73. The van der Waals surface area contributed by atoms with Gasteiger partial charge in [-0.1, -0.05) is 6.92 Å². The number of nitrogens with one attached hydrogen (secondary N) is 1. The van der Waals surface area contributed by atoms with Gasteiger partial charge in [-0.25, -0.2) is 0 Å². The lowest BCUT2D eigenvalue weighted by Gasteiger charge is -2.37. The molecular formula is C14H31N3. The summed E-state index contributed by atoms with van der Waals surface area (Å²) in [4.78, 5) is 5.00. The fourth-order valence-electron chi connectivity index (χ4n) is 2.76. The molecular weight excluding hydrogens is 210 g/mol. The summed E-state index contributed by atoms with van der Waals surface area (Å²) in [6.45, 7) is 10.7. The zero-order chi connectivity index (χ0) is 12.7. The SMILES string of the molecule is CCNCCC(C)N1CCC(CN(C)C)CC1. The maximum absolute atomic E-state index is 3.42. The van der Waals surface area contributed by atoms with Crippen LogP contribution in [-0.4, -0.2) is 62.7 Å². The molecule has 3 nitrogen and oxygen atoms in total. The Morgan fingerprint density at radius 1 is 1.29 bits per heavy atom. The lowest BCUT2D eigenvalue weighted by Crippen LogP contribution is -2.42. The van der Waals surface area contributed by atoms with Gasteiger partial charge in [-0.05, 0) is 72.4 Å². The quantitative estimate of drug-likeness (QED) is 0.684. The summed E-state index contributed by atoms with van der Waals surface area (Å²) in [6.07, 6.45) is 4.04. The van der Waals surface area contributed by atoms with Crippen molar-refractivity contribution < 1.29 is 0 Å². The number of likely N-dealkylation sites (tertiary alicyclic amines) is 1. The largest absolute Gasteiger partial charge is 0.317 e. The zero-order valence-electron chi connectivity index (χ0n) is 12.2. The van der Waals surface area contributed by atoms with E-state index in [9.17, 15) is 0 Å². The molecule has 0 amide bonds. The summed E-state index contributed by atoms with van der Waals surface area (Å²) >= 11 is 0. The van der Waals surface area contributed by atoms with Gasteiger partial charge >= 0.3 is 0 Å². The van der Waals surface area contributed by atoms with E-state index in [0.29, 0.717) is 0 Å². The first-order valence-corrected chi connectivity index (χ1v) is 7.23. The molecule has 0 bridgehead atoms. The lowest BCUT2D eigenvalue weighted by atomic mass is 9.95. The topological polar surface area (TPSA) is 18.5 Å². The van der Waals surface area contributed by atoms with Crippen molar-refractivity contribution in [3.8, 4) is 0 Å². The van der Waals surface area contributed by atoms with Crippen molar-refractivity contribution in [3.05, 3.63) is 0 Å². The molecule has 1 saturated heterocycles. The van der Waals surface area contributed by atoms with Crippen LogP contribution in [0.25, 0.3) is 0 Å². The summed E-state index contributed by atoms with van der Waals surface area (Å²) in [5.74, 6) is 0.919. The van der Waals surface area contributed by atoms with E-state index in [1.165, 1.54) is 38.9 Å². The first-order chi connectivity index (χ1) is 8.13. The molecule has 1 fully saturated rings. The van der Waals surface area contributed by atoms with E-state index in [1.54, 1.807) is 0 Å². The average Bonchev–Trinajstić information content (AvgIpc) is 2.29.